The zero-order valence-corrected chi connectivity index (χ0v) is 15.4. The Labute approximate surface area is 144 Å². The van der Waals surface area contributed by atoms with Gasteiger partial charge in [-0.25, -0.2) is 13.2 Å². The van der Waals surface area contributed by atoms with Crippen molar-refractivity contribution >= 4 is 15.9 Å². The fourth-order valence-corrected chi connectivity index (χ4v) is 4.62. The molecule has 24 heavy (non-hydrogen) atoms. The largest absolute Gasteiger partial charge is 0.491 e. The molecular weight excluding hydrogens is 328 g/mol. The number of carbonyl (C=O) groups excluding carboxylic acids is 1. The maximum absolute atomic E-state index is 12.3. The second-order valence-electron chi connectivity index (χ2n) is 6.12. The third-order valence-electron chi connectivity index (χ3n) is 4.44. The van der Waals surface area contributed by atoms with Gasteiger partial charge < -0.3 is 15.0 Å². The fourth-order valence-electron chi connectivity index (χ4n) is 2.89. The van der Waals surface area contributed by atoms with E-state index in [1.165, 1.54) is 0 Å². The molecule has 1 aromatic carbocycles. The predicted octanol–water partition coefficient (Wildman–Crippen LogP) is 1.90. The van der Waals surface area contributed by atoms with Crippen LogP contribution >= 0.6 is 0 Å². The molecule has 0 radical (unpaired) electrons. The molecule has 0 aromatic heterocycles. The second-order valence-corrected chi connectivity index (χ2v) is 8.35. The molecule has 1 N–H and O–H groups in total. The van der Waals surface area contributed by atoms with Crippen LogP contribution in [0.25, 0.3) is 0 Å². The van der Waals surface area contributed by atoms with Gasteiger partial charge in [-0.15, -0.1) is 0 Å². The standard InChI is InChI=1S/C17H26N2O4S/c1-4-19(15-8-11-24(21,22)12-15)17(20)18-9-10-23-16-7-5-6-13(2)14(16)3/h5-7,15H,4,8-12H2,1-3H3,(H,18,20). The van der Waals surface area contributed by atoms with Gasteiger partial charge in [0.15, 0.2) is 9.84 Å². The molecule has 1 heterocycles. The third-order valence-corrected chi connectivity index (χ3v) is 6.19. The highest BCUT2D eigenvalue weighted by Gasteiger charge is 2.33. The molecule has 1 aliphatic rings. The van der Waals surface area contributed by atoms with Crippen LogP contribution in [0.4, 0.5) is 4.79 Å². The average Bonchev–Trinajstić information content (AvgIpc) is 2.88. The van der Waals surface area contributed by atoms with Crippen LogP contribution in [-0.4, -0.2) is 56.6 Å². The van der Waals surface area contributed by atoms with E-state index in [4.69, 9.17) is 4.74 Å². The zero-order valence-electron chi connectivity index (χ0n) is 14.5. The lowest BCUT2D eigenvalue weighted by Gasteiger charge is -2.27. The highest BCUT2D eigenvalue weighted by molar-refractivity contribution is 7.91. The molecule has 1 aromatic rings. The number of benzene rings is 1. The summed E-state index contributed by atoms with van der Waals surface area (Å²) in [6.45, 7) is 7.13. The molecule has 0 spiro atoms. The normalized spacial score (nSPS) is 19.0. The zero-order chi connectivity index (χ0) is 17.7. The number of amides is 2. The molecule has 1 unspecified atom stereocenters. The number of nitrogens with one attached hydrogen (secondary N) is 1. The van der Waals surface area contributed by atoms with Gasteiger partial charge in [-0.3, -0.25) is 0 Å². The molecule has 2 amide bonds. The Hall–Kier alpha value is -1.76. The van der Waals surface area contributed by atoms with Crippen LogP contribution in [0.15, 0.2) is 18.2 Å². The number of hydrogen-bond donors (Lipinski definition) is 1. The molecule has 1 aliphatic heterocycles. The maximum atomic E-state index is 12.3. The van der Waals surface area contributed by atoms with Gasteiger partial charge in [-0.2, -0.15) is 0 Å². The molecule has 6 nitrogen and oxygen atoms in total. The highest BCUT2D eigenvalue weighted by atomic mass is 32.2. The quantitative estimate of drug-likeness (QED) is 0.792. The van der Waals surface area contributed by atoms with Crippen LogP contribution in [0.1, 0.15) is 24.5 Å². The van der Waals surface area contributed by atoms with E-state index in [0.29, 0.717) is 26.1 Å². The minimum atomic E-state index is -3.00. The van der Waals surface area contributed by atoms with Crippen molar-refractivity contribution in [2.45, 2.75) is 33.2 Å². The minimum Gasteiger partial charge on any atom is -0.491 e. The molecule has 2 rings (SSSR count). The second kappa shape index (κ2) is 7.88. The molecule has 1 fully saturated rings. The molecular formula is C17H26N2O4S. The molecule has 0 aliphatic carbocycles. The van der Waals surface area contributed by atoms with Crippen molar-refractivity contribution in [3.05, 3.63) is 29.3 Å². The Morgan fingerprint density at radius 3 is 2.75 bits per heavy atom. The van der Waals surface area contributed by atoms with Crippen LogP contribution in [0.3, 0.4) is 0 Å². The fraction of sp³-hybridized carbons (Fsp3) is 0.588. The van der Waals surface area contributed by atoms with Gasteiger partial charge in [0.05, 0.1) is 18.1 Å². The number of ether oxygens (including phenoxy) is 1. The van der Waals surface area contributed by atoms with Crippen LogP contribution in [0, 0.1) is 13.8 Å². The Balaban J connectivity index is 1.81. The lowest BCUT2D eigenvalue weighted by atomic mass is 10.1. The number of nitrogens with zero attached hydrogens (tertiary/aromatic N) is 1. The first-order chi connectivity index (χ1) is 11.3. The Morgan fingerprint density at radius 1 is 1.38 bits per heavy atom. The topological polar surface area (TPSA) is 75.7 Å². The number of sulfone groups is 1. The number of urea groups is 1. The van der Waals surface area contributed by atoms with Crippen molar-refractivity contribution in [1.29, 1.82) is 0 Å². The summed E-state index contributed by atoms with van der Waals surface area (Å²) >= 11 is 0. The Bertz CT molecular complexity index is 688. The van der Waals surface area contributed by atoms with Gasteiger partial charge >= 0.3 is 6.03 Å². The highest BCUT2D eigenvalue weighted by Crippen LogP contribution is 2.20. The molecule has 0 bridgehead atoms. The Morgan fingerprint density at radius 2 is 2.12 bits per heavy atom. The summed E-state index contributed by atoms with van der Waals surface area (Å²) in [5, 5.41) is 2.81. The molecule has 134 valence electrons. The predicted molar refractivity (Wildman–Crippen MR) is 94.2 cm³/mol. The van der Waals surface area contributed by atoms with Crippen molar-refractivity contribution in [3.63, 3.8) is 0 Å². The molecule has 7 heteroatoms. The monoisotopic (exact) mass is 354 g/mol. The van der Waals surface area contributed by atoms with E-state index in [9.17, 15) is 13.2 Å². The van der Waals surface area contributed by atoms with Crippen LogP contribution in [0.2, 0.25) is 0 Å². The van der Waals surface area contributed by atoms with E-state index in [1.54, 1.807) is 4.90 Å². The minimum absolute atomic E-state index is 0.0627. The SMILES string of the molecule is CCN(C(=O)NCCOc1cccc(C)c1C)C1CCS(=O)(=O)C1. The molecule has 1 saturated heterocycles. The van der Waals surface area contributed by atoms with Crippen LogP contribution < -0.4 is 10.1 Å². The van der Waals surface area contributed by atoms with Gasteiger partial charge in [-0.1, -0.05) is 12.1 Å². The molecule has 1 atom stereocenters. The van der Waals surface area contributed by atoms with E-state index < -0.39 is 9.84 Å². The summed E-state index contributed by atoms with van der Waals surface area (Å²) in [7, 11) is -3.00. The summed E-state index contributed by atoms with van der Waals surface area (Å²) in [5.41, 5.74) is 2.26. The number of rotatable bonds is 6. The van der Waals surface area contributed by atoms with E-state index >= 15 is 0 Å². The maximum Gasteiger partial charge on any atom is 0.317 e. The first kappa shape index (κ1) is 18.6. The summed E-state index contributed by atoms with van der Waals surface area (Å²) in [6, 6.07) is 5.42. The van der Waals surface area contributed by atoms with Crippen molar-refractivity contribution in [2.75, 3.05) is 31.2 Å². The summed E-state index contributed by atoms with van der Waals surface area (Å²) in [6.07, 6.45) is 0.516. The van der Waals surface area contributed by atoms with Gasteiger partial charge in [0.1, 0.15) is 12.4 Å². The smallest absolute Gasteiger partial charge is 0.317 e. The number of aryl methyl sites for hydroxylation is 1. The van der Waals surface area contributed by atoms with Crippen molar-refractivity contribution < 1.29 is 17.9 Å². The number of hydrogen-bond acceptors (Lipinski definition) is 4. The van der Waals surface area contributed by atoms with Crippen molar-refractivity contribution in [1.82, 2.24) is 10.2 Å². The van der Waals surface area contributed by atoms with Crippen molar-refractivity contribution in [3.8, 4) is 5.75 Å². The van der Waals surface area contributed by atoms with E-state index in [-0.39, 0.29) is 23.6 Å². The first-order valence-corrected chi connectivity index (χ1v) is 10.1. The van der Waals surface area contributed by atoms with E-state index in [0.717, 1.165) is 16.9 Å². The summed E-state index contributed by atoms with van der Waals surface area (Å²) in [4.78, 5) is 13.9. The summed E-state index contributed by atoms with van der Waals surface area (Å²) < 4.78 is 28.9. The van der Waals surface area contributed by atoms with Crippen LogP contribution in [-0.2, 0) is 9.84 Å². The van der Waals surface area contributed by atoms with Gasteiger partial charge in [-0.05, 0) is 44.4 Å². The number of carbonyl (C=O) groups is 1. The van der Waals surface area contributed by atoms with Gasteiger partial charge in [0, 0.05) is 12.6 Å². The summed E-state index contributed by atoms with van der Waals surface area (Å²) in [5.74, 6) is 1.04. The van der Waals surface area contributed by atoms with Gasteiger partial charge in [0.2, 0.25) is 0 Å². The van der Waals surface area contributed by atoms with E-state index in [2.05, 4.69) is 5.32 Å². The first-order valence-electron chi connectivity index (χ1n) is 8.28. The lowest BCUT2D eigenvalue weighted by molar-refractivity contribution is 0.181. The van der Waals surface area contributed by atoms with Gasteiger partial charge in [0.25, 0.3) is 0 Å². The average molecular weight is 354 g/mol. The van der Waals surface area contributed by atoms with Crippen LogP contribution in [0.5, 0.6) is 5.75 Å². The van der Waals surface area contributed by atoms with E-state index in [1.807, 2.05) is 39.0 Å². The lowest BCUT2D eigenvalue weighted by Crippen LogP contribution is -2.47. The van der Waals surface area contributed by atoms with Crippen molar-refractivity contribution in [2.24, 2.45) is 0 Å². The third kappa shape index (κ3) is 4.63. The Kier molecular flexibility index (Phi) is 6.10. The molecule has 0 saturated carbocycles.